The van der Waals surface area contributed by atoms with E-state index in [1.54, 1.807) is 18.4 Å². The van der Waals surface area contributed by atoms with E-state index in [2.05, 4.69) is 14.9 Å². The number of aromatic nitrogens is 1. The molecule has 1 fully saturated rings. The number of ether oxygens (including phenoxy) is 1. The predicted octanol–water partition coefficient (Wildman–Crippen LogP) is 1.71. The average molecular weight is 300 g/mol. The number of methoxy groups -OCH3 is 1. The van der Waals surface area contributed by atoms with Crippen molar-refractivity contribution in [1.82, 2.24) is 9.88 Å². The quantitative estimate of drug-likeness (QED) is 0.677. The summed E-state index contributed by atoms with van der Waals surface area (Å²) in [4.78, 5) is 11.1. The zero-order chi connectivity index (χ0) is 13.7. The van der Waals surface area contributed by atoms with Crippen molar-refractivity contribution in [2.75, 3.05) is 31.7 Å². The van der Waals surface area contributed by atoms with E-state index in [9.17, 15) is 0 Å². The van der Waals surface area contributed by atoms with E-state index < -0.39 is 0 Å². The molecule has 1 aliphatic heterocycles. The summed E-state index contributed by atoms with van der Waals surface area (Å²) in [6.45, 7) is 4.51. The number of aliphatic imine (C=N–C) groups is 1. The Balaban J connectivity index is 1.91. The van der Waals surface area contributed by atoms with Crippen molar-refractivity contribution >= 4 is 29.1 Å². The van der Waals surface area contributed by atoms with Crippen molar-refractivity contribution in [3.05, 3.63) is 16.1 Å². The lowest BCUT2D eigenvalue weighted by Crippen LogP contribution is -2.42. The molecule has 1 atom stereocenters. The van der Waals surface area contributed by atoms with Crippen molar-refractivity contribution < 1.29 is 4.74 Å². The molecule has 1 aliphatic rings. The highest BCUT2D eigenvalue weighted by Crippen LogP contribution is 2.20. The number of thiazole rings is 1. The van der Waals surface area contributed by atoms with Crippen molar-refractivity contribution in [3.63, 3.8) is 0 Å². The van der Waals surface area contributed by atoms with Gasteiger partial charge in [-0.3, -0.25) is 0 Å². The first-order chi connectivity index (χ1) is 9.20. The summed E-state index contributed by atoms with van der Waals surface area (Å²) >= 11 is 3.57. The normalized spacial score (nSPS) is 18.6. The molecule has 2 N–H and O–H groups in total. The maximum Gasteiger partial charge on any atom is 0.191 e. The van der Waals surface area contributed by atoms with E-state index in [-0.39, 0.29) is 6.10 Å². The first-order valence-electron chi connectivity index (χ1n) is 6.30. The number of hydrogen-bond donors (Lipinski definition) is 1. The van der Waals surface area contributed by atoms with Crippen molar-refractivity contribution in [2.24, 2.45) is 10.7 Å². The second-order valence-electron chi connectivity index (χ2n) is 4.33. The lowest BCUT2D eigenvalue weighted by atomic mass is 10.4. The zero-order valence-corrected chi connectivity index (χ0v) is 13.0. The summed E-state index contributed by atoms with van der Waals surface area (Å²) in [6.07, 6.45) is 0.0409. The van der Waals surface area contributed by atoms with Crippen LogP contribution in [0.3, 0.4) is 0 Å². The van der Waals surface area contributed by atoms with Crippen LogP contribution >= 0.6 is 23.1 Å². The Morgan fingerprint density at radius 1 is 1.58 bits per heavy atom. The Labute approximate surface area is 122 Å². The van der Waals surface area contributed by atoms with Gasteiger partial charge in [-0.1, -0.05) is 0 Å². The molecule has 1 unspecified atom stereocenters. The highest BCUT2D eigenvalue weighted by atomic mass is 32.2. The van der Waals surface area contributed by atoms with Crippen LogP contribution in [-0.4, -0.2) is 47.5 Å². The standard InChI is InChI=1S/C12H20N4OS2/c1-9(17-2)11-15-10(8-19-11)7-14-12(13)16-3-5-18-6-4-16/h8-9H,3-7H2,1-2H3,(H2,13,14). The van der Waals surface area contributed by atoms with Crippen LogP contribution in [0, 0.1) is 0 Å². The van der Waals surface area contributed by atoms with Gasteiger partial charge in [0.05, 0.1) is 12.2 Å². The molecule has 1 aromatic heterocycles. The fourth-order valence-corrected chi connectivity index (χ4v) is 3.48. The van der Waals surface area contributed by atoms with E-state index >= 15 is 0 Å². The molecule has 106 valence electrons. The highest BCUT2D eigenvalue weighted by Gasteiger charge is 2.13. The van der Waals surface area contributed by atoms with Gasteiger partial charge in [-0.05, 0) is 6.92 Å². The number of guanidine groups is 1. The van der Waals surface area contributed by atoms with E-state index in [0.29, 0.717) is 12.5 Å². The van der Waals surface area contributed by atoms with Gasteiger partial charge in [0.15, 0.2) is 5.96 Å². The van der Waals surface area contributed by atoms with Crippen LogP contribution in [-0.2, 0) is 11.3 Å². The minimum atomic E-state index is 0.0409. The number of rotatable bonds is 4. The molecular formula is C12H20N4OS2. The topological polar surface area (TPSA) is 63.7 Å². The summed E-state index contributed by atoms with van der Waals surface area (Å²) in [6, 6.07) is 0. The van der Waals surface area contributed by atoms with Crippen LogP contribution < -0.4 is 5.73 Å². The van der Waals surface area contributed by atoms with Crippen LogP contribution in [0.15, 0.2) is 10.4 Å². The molecule has 0 bridgehead atoms. The molecule has 2 heterocycles. The van der Waals surface area contributed by atoms with Crippen LogP contribution in [0.4, 0.5) is 0 Å². The first kappa shape index (κ1) is 14.6. The molecule has 0 spiro atoms. The van der Waals surface area contributed by atoms with Crippen LogP contribution in [0.25, 0.3) is 0 Å². The summed E-state index contributed by atoms with van der Waals surface area (Å²) in [5.74, 6) is 2.89. The third-order valence-corrected chi connectivity index (χ3v) is 5.01. The highest BCUT2D eigenvalue weighted by molar-refractivity contribution is 7.99. The largest absolute Gasteiger partial charge is 0.375 e. The van der Waals surface area contributed by atoms with E-state index in [1.807, 2.05) is 24.1 Å². The maximum atomic E-state index is 6.01. The average Bonchev–Trinajstić information content (AvgIpc) is 2.93. The van der Waals surface area contributed by atoms with Crippen molar-refractivity contribution in [2.45, 2.75) is 19.6 Å². The second-order valence-corrected chi connectivity index (χ2v) is 6.44. The molecule has 0 radical (unpaired) electrons. The van der Waals surface area contributed by atoms with Gasteiger partial charge in [0.2, 0.25) is 0 Å². The third-order valence-electron chi connectivity index (χ3n) is 3.01. The number of thioether (sulfide) groups is 1. The maximum absolute atomic E-state index is 6.01. The zero-order valence-electron chi connectivity index (χ0n) is 11.3. The van der Waals surface area contributed by atoms with Crippen molar-refractivity contribution in [3.8, 4) is 0 Å². The van der Waals surface area contributed by atoms with Gasteiger partial charge in [-0.2, -0.15) is 11.8 Å². The molecule has 19 heavy (non-hydrogen) atoms. The molecule has 0 saturated carbocycles. The summed E-state index contributed by atoms with van der Waals surface area (Å²) < 4.78 is 5.25. The van der Waals surface area contributed by atoms with Crippen LogP contribution in [0.1, 0.15) is 23.7 Å². The Morgan fingerprint density at radius 3 is 3.00 bits per heavy atom. The third kappa shape index (κ3) is 4.09. The van der Waals surface area contributed by atoms with Gasteiger partial charge in [-0.25, -0.2) is 9.98 Å². The van der Waals surface area contributed by atoms with Crippen LogP contribution in [0.2, 0.25) is 0 Å². The Hall–Kier alpha value is -0.790. The smallest absolute Gasteiger partial charge is 0.191 e. The van der Waals surface area contributed by atoms with Gasteiger partial charge in [0.25, 0.3) is 0 Å². The fourth-order valence-electron chi connectivity index (χ4n) is 1.74. The molecule has 0 amide bonds. The molecule has 1 saturated heterocycles. The number of hydrogen-bond acceptors (Lipinski definition) is 5. The second kappa shape index (κ2) is 7.12. The lowest BCUT2D eigenvalue weighted by molar-refractivity contribution is 0.119. The van der Waals surface area contributed by atoms with Gasteiger partial charge in [0.1, 0.15) is 11.1 Å². The SMILES string of the molecule is COC(C)c1nc(CN=C(N)N2CCSCC2)cs1. The Bertz CT molecular complexity index is 429. The van der Waals surface area contributed by atoms with Gasteiger partial charge in [-0.15, -0.1) is 11.3 Å². The minimum absolute atomic E-state index is 0.0409. The van der Waals surface area contributed by atoms with Gasteiger partial charge >= 0.3 is 0 Å². The Morgan fingerprint density at radius 2 is 2.32 bits per heavy atom. The lowest BCUT2D eigenvalue weighted by Gasteiger charge is -2.27. The molecule has 0 aliphatic carbocycles. The molecular weight excluding hydrogens is 280 g/mol. The number of nitrogens with zero attached hydrogens (tertiary/aromatic N) is 3. The van der Waals surface area contributed by atoms with E-state index in [1.165, 1.54) is 0 Å². The summed E-state index contributed by atoms with van der Waals surface area (Å²) in [5, 5.41) is 3.01. The van der Waals surface area contributed by atoms with E-state index in [4.69, 9.17) is 10.5 Å². The Kier molecular flexibility index (Phi) is 5.47. The fraction of sp³-hybridized carbons (Fsp3) is 0.667. The molecule has 2 rings (SSSR count). The van der Waals surface area contributed by atoms with Gasteiger partial charge < -0.3 is 15.4 Å². The molecule has 1 aromatic rings. The first-order valence-corrected chi connectivity index (χ1v) is 8.34. The molecule has 5 nitrogen and oxygen atoms in total. The van der Waals surface area contributed by atoms with Crippen molar-refractivity contribution in [1.29, 1.82) is 0 Å². The summed E-state index contributed by atoms with van der Waals surface area (Å²) in [5.41, 5.74) is 6.96. The molecule has 0 aromatic carbocycles. The van der Waals surface area contributed by atoms with E-state index in [0.717, 1.165) is 35.3 Å². The molecule has 7 heteroatoms. The number of nitrogens with two attached hydrogens (primary N) is 1. The monoisotopic (exact) mass is 300 g/mol. The predicted molar refractivity (Wildman–Crippen MR) is 81.8 cm³/mol. The summed E-state index contributed by atoms with van der Waals surface area (Å²) in [7, 11) is 1.69. The van der Waals surface area contributed by atoms with Gasteiger partial charge in [0, 0.05) is 37.1 Å². The minimum Gasteiger partial charge on any atom is -0.375 e. The van der Waals surface area contributed by atoms with Crippen LogP contribution in [0.5, 0.6) is 0 Å².